The molecule has 102 valence electrons. The average molecular weight is 310 g/mol. The van der Waals surface area contributed by atoms with Crippen molar-refractivity contribution in [3.8, 4) is 0 Å². The van der Waals surface area contributed by atoms with Gasteiger partial charge in [-0.3, -0.25) is 0 Å². The van der Waals surface area contributed by atoms with Crippen LogP contribution in [0, 0.1) is 0 Å². The van der Waals surface area contributed by atoms with Crippen LogP contribution in [0.2, 0.25) is 15.2 Å². The van der Waals surface area contributed by atoms with E-state index in [0.717, 1.165) is 44.6 Å². The fourth-order valence-electron chi connectivity index (χ4n) is 1.68. The third-order valence-electron chi connectivity index (χ3n) is 2.73. The lowest BCUT2D eigenvalue weighted by atomic mass is 10.2. The molecule has 0 unspecified atom stereocenters. The van der Waals surface area contributed by atoms with Gasteiger partial charge < -0.3 is 4.90 Å². The maximum Gasteiger partial charge on any atom is 0.150 e. The van der Waals surface area contributed by atoms with E-state index in [1.807, 2.05) is 0 Å². The second kappa shape index (κ2) is 8.08. The van der Waals surface area contributed by atoms with Crippen molar-refractivity contribution in [1.29, 1.82) is 0 Å². The van der Waals surface area contributed by atoms with Gasteiger partial charge in [0.25, 0.3) is 0 Å². The third kappa shape index (κ3) is 4.49. The zero-order valence-corrected chi connectivity index (χ0v) is 13.1. The Kier molecular flexibility index (Phi) is 7.13. The number of rotatable bonds is 7. The van der Waals surface area contributed by atoms with Crippen LogP contribution in [0.1, 0.15) is 39.5 Å². The minimum absolute atomic E-state index is 0.314. The molecule has 0 bridgehead atoms. The molecular weight excluding hydrogens is 291 g/mol. The molecule has 1 aromatic rings. The number of anilines is 1. The number of halogens is 3. The zero-order chi connectivity index (χ0) is 13.5. The van der Waals surface area contributed by atoms with Crippen LogP contribution in [0.3, 0.4) is 0 Å². The van der Waals surface area contributed by atoms with Gasteiger partial charge in [0.15, 0.2) is 0 Å². The van der Waals surface area contributed by atoms with E-state index in [9.17, 15) is 0 Å². The molecule has 18 heavy (non-hydrogen) atoms. The molecule has 0 aliphatic carbocycles. The lowest BCUT2D eigenvalue weighted by Gasteiger charge is -2.24. The minimum atomic E-state index is 0.314. The fraction of sp³-hybridized carbons (Fsp3) is 0.615. The average Bonchev–Trinajstić information content (AvgIpc) is 2.35. The van der Waals surface area contributed by atoms with E-state index in [1.54, 1.807) is 6.07 Å². The maximum absolute atomic E-state index is 6.21. The van der Waals surface area contributed by atoms with Gasteiger partial charge in [0, 0.05) is 13.1 Å². The molecule has 0 saturated carbocycles. The van der Waals surface area contributed by atoms with Gasteiger partial charge in [-0.2, -0.15) is 0 Å². The number of nitrogens with zero attached hydrogens (tertiary/aromatic N) is 2. The number of aromatic nitrogens is 1. The second-order valence-electron chi connectivity index (χ2n) is 4.26. The lowest BCUT2D eigenvalue weighted by Crippen LogP contribution is -2.27. The molecule has 0 fully saturated rings. The Labute approximate surface area is 124 Å². The van der Waals surface area contributed by atoms with Crippen molar-refractivity contribution in [3.63, 3.8) is 0 Å². The molecule has 0 aromatic carbocycles. The summed E-state index contributed by atoms with van der Waals surface area (Å²) < 4.78 is 0. The quantitative estimate of drug-likeness (QED) is 0.623. The first-order chi connectivity index (χ1) is 8.60. The van der Waals surface area contributed by atoms with Gasteiger partial charge in [-0.1, -0.05) is 61.5 Å². The summed E-state index contributed by atoms with van der Waals surface area (Å²) in [5.41, 5.74) is 0. The predicted octanol–water partition coefficient (Wildman–Crippen LogP) is 5.45. The molecule has 0 spiro atoms. The molecule has 0 aliphatic heterocycles. The summed E-state index contributed by atoms with van der Waals surface area (Å²) in [5, 5.41) is 1.28. The van der Waals surface area contributed by atoms with E-state index >= 15 is 0 Å². The monoisotopic (exact) mass is 308 g/mol. The van der Waals surface area contributed by atoms with E-state index < -0.39 is 0 Å². The first-order valence-electron chi connectivity index (χ1n) is 6.36. The Balaban J connectivity index is 2.92. The van der Waals surface area contributed by atoms with E-state index in [4.69, 9.17) is 34.8 Å². The van der Waals surface area contributed by atoms with Crippen LogP contribution in [0.5, 0.6) is 0 Å². The topological polar surface area (TPSA) is 16.1 Å². The highest BCUT2D eigenvalue weighted by Gasteiger charge is 2.14. The van der Waals surface area contributed by atoms with Crippen LogP contribution >= 0.6 is 34.8 Å². The molecule has 1 rings (SSSR count). The molecule has 0 atom stereocenters. The molecule has 1 heterocycles. The van der Waals surface area contributed by atoms with Gasteiger partial charge in [-0.25, -0.2) is 4.98 Å². The Morgan fingerprint density at radius 2 is 1.56 bits per heavy atom. The summed E-state index contributed by atoms with van der Waals surface area (Å²) in [6.45, 7) is 6.23. The van der Waals surface area contributed by atoms with Crippen molar-refractivity contribution < 1.29 is 0 Å². The number of pyridine rings is 1. The fourth-order valence-corrected chi connectivity index (χ4v) is 2.29. The summed E-state index contributed by atoms with van der Waals surface area (Å²) in [7, 11) is 0. The summed E-state index contributed by atoms with van der Waals surface area (Å²) in [6.07, 6.45) is 4.51. The zero-order valence-electron chi connectivity index (χ0n) is 10.8. The lowest BCUT2D eigenvalue weighted by molar-refractivity contribution is 0.671. The molecule has 2 nitrogen and oxygen atoms in total. The summed E-state index contributed by atoms with van der Waals surface area (Å²) in [6, 6.07) is 1.67. The molecule has 5 heteroatoms. The molecule has 0 aliphatic rings. The highest BCUT2D eigenvalue weighted by atomic mass is 35.5. The molecule has 0 N–H and O–H groups in total. The molecule has 0 radical (unpaired) electrons. The first kappa shape index (κ1) is 15.9. The van der Waals surface area contributed by atoms with Gasteiger partial charge in [-0.05, 0) is 18.9 Å². The van der Waals surface area contributed by atoms with Crippen molar-refractivity contribution >= 4 is 40.6 Å². The van der Waals surface area contributed by atoms with Crippen LogP contribution in [-0.2, 0) is 0 Å². The van der Waals surface area contributed by atoms with Crippen LogP contribution < -0.4 is 4.90 Å². The van der Waals surface area contributed by atoms with Gasteiger partial charge in [0.2, 0.25) is 0 Å². The highest BCUT2D eigenvalue weighted by molar-refractivity contribution is 6.42. The van der Waals surface area contributed by atoms with Crippen LogP contribution in [0.25, 0.3) is 0 Å². The smallest absolute Gasteiger partial charge is 0.150 e. The molecule has 0 amide bonds. The highest BCUT2D eigenvalue weighted by Crippen LogP contribution is 2.31. The van der Waals surface area contributed by atoms with E-state index in [1.165, 1.54) is 0 Å². The maximum atomic E-state index is 6.21. The van der Waals surface area contributed by atoms with Crippen molar-refractivity contribution in [2.24, 2.45) is 0 Å². The van der Waals surface area contributed by atoms with Gasteiger partial charge in [0.1, 0.15) is 11.0 Å². The summed E-state index contributed by atoms with van der Waals surface area (Å²) >= 11 is 18.1. The number of hydrogen-bond donors (Lipinski definition) is 0. The standard InChI is InChI=1S/C13H19Cl3N2/c1-3-5-7-18(8-6-4-2)13-11(15)9-10(14)12(16)17-13/h9H,3-8H2,1-2H3. The Morgan fingerprint density at radius 3 is 2.06 bits per heavy atom. The van der Waals surface area contributed by atoms with Crippen molar-refractivity contribution in [2.75, 3.05) is 18.0 Å². The first-order valence-corrected chi connectivity index (χ1v) is 7.50. The van der Waals surface area contributed by atoms with Crippen LogP contribution in [-0.4, -0.2) is 18.1 Å². The largest absolute Gasteiger partial charge is 0.355 e. The van der Waals surface area contributed by atoms with E-state index in [0.29, 0.717) is 15.2 Å². The Hall–Kier alpha value is -0.180. The Bertz CT molecular complexity index is 375. The third-order valence-corrected chi connectivity index (χ3v) is 3.68. The van der Waals surface area contributed by atoms with E-state index in [2.05, 4.69) is 23.7 Å². The van der Waals surface area contributed by atoms with Gasteiger partial charge in [0.05, 0.1) is 10.0 Å². The van der Waals surface area contributed by atoms with Crippen molar-refractivity contribution in [3.05, 3.63) is 21.3 Å². The van der Waals surface area contributed by atoms with Crippen LogP contribution in [0.15, 0.2) is 6.07 Å². The predicted molar refractivity (Wildman–Crippen MR) is 81.3 cm³/mol. The normalized spacial score (nSPS) is 10.7. The number of hydrogen-bond acceptors (Lipinski definition) is 2. The number of unbranched alkanes of at least 4 members (excludes halogenated alkanes) is 2. The molecule has 1 aromatic heterocycles. The summed E-state index contributed by atoms with van der Waals surface area (Å²) in [5.74, 6) is 0.743. The van der Waals surface area contributed by atoms with E-state index in [-0.39, 0.29) is 0 Å². The van der Waals surface area contributed by atoms with Crippen molar-refractivity contribution in [1.82, 2.24) is 4.98 Å². The van der Waals surface area contributed by atoms with Crippen molar-refractivity contribution in [2.45, 2.75) is 39.5 Å². The minimum Gasteiger partial charge on any atom is -0.355 e. The van der Waals surface area contributed by atoms with Gasteiger partial charge in [-0.15, -0.1) is 0 Å². The van der Waals surface area contributed by atoms with Gasteiger partial charge >= 0.3 is 0 Å². The molecular formula is C13H19Cl3N2. The summed E-state index contributed by atoms with van der Waals surface area (Å²) in [4.78, 5) is 6.50. The second-order valence-corrected chi connectivity index (χ2v) is 5.43. The molecule has 0 saturated heterocycles. The SMILES string of the molecule is CCCCN(CCCC)c1nc(Cl)c(Cl)cc1Cl. The Morgan fingerprint density at radius 1 is 1.00 bits per heavy atom. The van der Waals surface area contributed by atoms with Crippen LogP contribution in [0.4, 0.5) is 5.82 Å².